The maximum absolute atomic E-state index is 3.44. The van der Waals surface area contributed by atoms with E-state index in [2.05, 4.69) is 23.7 Å². The molecular formula is C9H13NS. The van der Waals surface area contributed by atoms with E-state index in [9.17, 15) is 0 Å². The summed E-state index contributed by atoms with van der Waals surface area (Å²) >= 11 is 1.90. The third kappa shape index (κ3) is 1.33. The van der Waals surface area contributed by atoms with Crippen LogP contribution >= 0.6 is 11.3 Å². The van der Waals surface area contributed by atoms with E-state index in [1.807, 2.05) is 11.3 Å². The summed E-state index contributed by atoms with van der Waals surface area (Å²) < 4.78 is 0. The molecule has 0 amide bonds. The van der Waals surface area contributed by atoms with Crippen molar-refractivity contribution in [1.82, 2.24) is 5.32 Å². The molecule has 1 aromatic rings. The first-order chi connectivity index (χ1) is 5.38. The van der Waals surface area contributed by atoms with Gasteiger partial charge in [-0.3, -0.25) is 0 Å². The van der Waals surface area contributed by atoms with Crippen LogP contribution in [0, 0.1) is 0 Å². The fraction of sp³-hybridized carbons (Fsp3) is 0.556. The predicted octanol–water partition coefficient (Wildman–Crippen LogP) is 2.00. The highest BCUT2D eigenvalue weighted by atomic mass is 32.1. The van der Waals surface area contributed by atoms with E-state index in [1.165, 1.54) is 6.42 Å². The Hall–Kier alpha value is -0.340. The lowest BCUT2D eigenvalue weighted by atomic mass is 10.0. The molecule has 2 rings (SSSR count). The molecule has 2 heteroatoms. The second-order valence-corrected chi connectivity index (χ2v) is 4.15. The highest BCUT2D eigenvalue weighted by Crippen LogP contribution is 2.26. The van der Waals surface area contributed by atoms with Crippen LogP contribution in [0.3, 0.4) is 0 Å². The third-order valence-corrected chi connectivity index (χ3v) is 3.29. The molecule has 1 nitrogen and oxygen atoms in total. The summed E-state index contributed by atoms with van der Waals surface area (Å²) in [5, 5.41) is 5.65. The maximum atomic E-state index is 3.44. The molecular weight excluding hydrogens is 154 g/mol. The van der Waals surface area contributed by atoms with Crippen LogP contribution in [0.25, 0.3) is 0 Å². The van der Waals surface area contributed by atoms with Gasteiger partial charge in [0.1, 0.15) is 0 Å². The van der Waals surface area contributed by atoms with Gasteiger partial charge in [-0.25, -0.2) is 0 Å². The Bertz CT molecular complexity index is 241. The Morgan fingerprint density at radius 2 is 2.55 bits per heavy atom. The quantitative estimate of drug-likeness (QED) is 0.623. The lowest BCUT2D eigenvalue weighted by Crippen LogP contribution is -2.18. The maximum Gasteiger partial charge on any atom is 0.00930 e. The van der Waals surface area contributed by atoms with Crippen molar-refractivity contribution in [3.05, 3.63) is 21.9 Å². The molecule has 1 N–H and O–H groups in total. The summed E-state index contributed by atoms with van der Waals surface area (Å²) in [6.45, 7) is 4.59. The molecule has 11 heavy (non-hydrogen) atoms. The van der Waals surface area contributed by atoms with Crippen LogP contribution in [0.5, 0.6) is 0 Å². The smallest absolute Gasteiger partial charge is 0.00930 e. The fourth-order valence-electron chi connectivity index (χ4n) is 1.62. The molecule has 0 aliphatic carbocycles. The van der Waals surface area contributed by atoms with Gasteiger partial charge in [-0.15, -0.1) is 11.3 Å². The molecule has 0 radical (unpaired) electrons. The number of hydrogen-bond donors (Lipinski definition) is 1. The number of nitrogens with one attached hydrogen (secondary N) is 1. The average molecular weight is 167 g/mol. The monoisotopic (exact) mass is 167 g/mol. The highest BCUT2D eigenvalue weighted by Gasteiger charge is 2.14. The van der Waals surface area contributed by atoms with Gasteiger partial charge in [-0.2, -0.15) is 0 Å². The molecule has 1 aromatic heterocycles. The van der Waals surface area contributed by atoms with Crippen molar-refractivity contribution < 1.29 is 0 Å². The van der Waals surface area contributed by atoms with E-state index in [0.717, 1.165) is 13.1 Å². The second-order valence-electron chi connectivity index (χ2n) is 3.15. The van der Waals surface area contributed by atoms with Crippen molar-refractivity contribution in [2.45, 2.75) is 19.3 Å². The molecule has 0 saturated heterocycles. The number of thiophene rings is 1. The summed E-state index contributed by atoms with van der Waals surface area (Å²) in [4.78, 5) is 1.59. The molecule has 0 bridgehead atoms. The molecule has 0 spiro atoms. The van der Waals surface area contributed by atoms with Gasteiger partial charge in [0, 0.05) is 11.4 Å². The standard InChI is InChI=1S/C9H13NS/c1-7-6-10-4-2-9-8(7)3-5-11-9/h3,5,7,10H,2,4,6H2,1H3. The Morgan fingerprint density at radius 1 is 1.64 bits per heavy atom. The van der Waals surface area contributed by atoms with Gasteiger partial charge in [-0.1, -0.05) is 6.92 Å². The largest absolute Gasteiger partial charge is 0.316 e. The normalized spacial score (nSPS) is 24.3. The number of hydrogen-bond acceptors (Lipinski definition) is 2. The average Bonchev–Trinajstić information content (AvgIpc) is 2.40. The Labute approximate surface area is 71.4 Å². The molecule has 1 atom stereocenters. The van der Waals surface area contributed by atoms with Crippen LogP contribution in [0.15, 0.2) is 11.4 Å². The third-order valence-electron chi connectivity index (χ3n) is 2.29. The molecule has 1 aliphatic rings. The molecule has 2 heterocycles. The van der Waals surface area contributed by atoms with Gasteiger partial charge in [0.05, 0.1) is 0 Å². The van der Waals surface area contributed by atoms with Crippen LogP contribution in [-0.2, 0) is 6.42 Å². The summed E-state index contributed by atoms with van der Waals surface area (Å²) in [5.41, 5.74) is 1.57. The highest BCUT2D eigenvalue weighted by molar-refractivity contribution is 7.10. The van der Waals surface area contributed by atoms with Gasteiger partial charge in [0.15, 0.2) is 0 Å². The van der Waals surface area contributed by atoms with Crippen molar-refractivity contribution in [2.75, 3.05) is 13.1 Å². The zero-order valence-electron chi connectivity index (χ0n) is 6.76. The van der Waals surface area contributed by atoms with Gasteiger partial charge in [-0.05, 0) is 35.9 Å². The summed E-state index contributed by atoms with van der Waals surface area (Å²) in [7, 11) is 0. The van der Waals surface area contributed by atoms with Gasteiger partial charge in [0.25, 0.3) is 0 Å². The van der Waals surface area contributed by atoms with E-state index >= 15 is 0 Å². The zero-order valence-corrected chi connectivity index (χ0v) is 7.58. The van der Waals surface area contributed by atoms with E-state index in [1.54, 1.807) is 10.4 Å². The van der Waals surface area contributed by atoms with Crippen LogP contribution in [0.1, 0.15) is 23.3 Å². The molecule has 1 unspecified atom stereocenters. The summed E-state index contributed by atoms with van der Waals surface area (Å²) in [5.74, 6) is 0.707. The Morgan fingerprint density at radius 3 is 3.45 bits per heavy atom. The zero-order chi connectivity index (χ0) is 7.68. The molecule has 0 fully saturated rings. The van der Waals surface area contributed by atoms with Crippen molar-refractivity contribution in [3.63, 3.8) is 0 Å². The molecule has 60 valence electrons. The summed E-state index contributed by atoms with van der Waals surface area (Å²) in [6, 6.07) is 2.28. The molecule has 0 saturated carbocycles. The minimum absolute atomic E-state index is 0.707. The topological polar surface area (TPSA) is 12.0 Å². The van der Waals surface area contributed by atoms with Crippen molar-refractivity contribution in [3.8, 4) is 0 Å². The van der Waals surface area contributed by atoms with Crippen molar-refractivity contribution in [2.24, 2.45) is 0 Å². The van der Waals surface area contributed by atoms with Crippen LogP contribution in [-0.4, -0.2) is 13.1 Å². The van der Waals surface area contributed by atoms with Crippen LogP contribution in [0.2, 0.25) is 0 Å². The summed E-state index contributed by atoms with van der Waals surface area (Å²) in [6.07, 6.45) is 1.22. The Kier molecular flexibility index (Phi) is 1.96. The van der Waals surface area contributed by atoms with E-state index in [-0.39, 0.29) is 0 Å². The second kappa shape index (κ2) is 2.95. The fourth-order valence-corrected chi connectivity index (χ4v) is 2.63. The van der Waals surface area contributed by atoms with E-state index in [0.29, 0.717) is 5.92 Å². The SMILES string of the molecule is CC1CNCCc2sccc21. The first-order valence-electron chi connectivity index (χ1n) is 4.15. The number of rotatable bonds is 0. The van der Waals surface area contributed by atoms with Crippen molar-refractivity contribution in [1.29, 1.82) is 0 Å². The van der Waals surface area contributed by atoms with Gasteiger partial charge in [0.2, 0.25) is 0 Å². The van der Waals surface area contributed by atoms with E-state index < -0.39 is 0 Å². The number of fused-ring (bicyclic) bond motifs is 1. The Balaban J connectivity index is 2.34. The first kappa shape index (κ1) is 7.32. The van der Waals surface area contributed by atoms with E-state index in [4.69, 9.17) is 0 Å². The minimum atomic E-state index is 0.707. The molecule has 0 aromatic carbocycles. The van der Waals surface area contributed by atoms with Gasteiger partial charge >= 0.3 is 0 Å². The lowest BCUT2D eigenvalue weighted by molar-refractivity contribution is 0.644. The van der Waals surface area contributed by atoms with Crippen LogP contribution < -0.4 is 5.32 Å². The first-order valence-corrected chi connectivity index (χ1v) is 5.03. The van der Waals surface area contributed by atoms with Crippen molar-refractivity contribution >= 4 is 11.3 Å². The lowest BCUT2D eigenvalue weighted by Gasteiger charge is -2.06. The van der Waals surface area contributed by atoms with Gasteiger partial charge < -0.3 is 5.32 Å². The predicted molar refractivity (Wildman–Crippen MR) is 49.3 cm³/mol. The molecule has 1 aliphatic heterocycles. The van der Waals surface area contributed by atoms with Crippen LogP contribution in [0.4, 0.5) is 0 Å². The minimum Gasteiger partial charge on any atom is -0.316 e.